The number of amides is 1. The topological polar surface area (TPSA) is 72.9 Å². The highest BCUT2D eigenvalue weighted by Gasteiger charge is 2.20. The van der Waals surface area contributed by atoms with Crippen LogP contribution in [0.2, 0.25) is 0 Å². The van der Waals surface area contributed by atoms with Gasteiger partial charge in [0.2, 0.25) is 5.91 Å². The number of nitrogens with two attached hydrogens (primary N) is 1. The minimum absolute atomic E-state index is 0.0201. The summed E-state index contributed by atoms with van der Waals surface area (Å²) in [6.07, 6.45) is 10.9. The summed E-state index contributed by atoms with van der Waals surface area (Å²) in [5, 5.41) is 2.92. The first-order valence-corrected chi connectivity index (χ1v) is 7.68. The number of carbonyl (C=O) groups excluding carboxylic acids is 1. The van der Waals surface area contributed by atoms with Crippen molar-refractivity contribution in [1.82, 2.24) is 14.9 Å². The smallest absolute Gasteiger partial charge is 0.236 e. The van der Waals surface area contributed by atoms with Crippen molar-refractivity contribution in [3.8, 4) is 0 Å². The van der Waals surface area contributed by atoms with E-state index in [0.717, 1.165) is 18.8 Å². The highest BCUT2D eigenvalue weighted by molar-refractivity contribution is 5.81. The monoisotopic (exact) mass is 278 g/mol. The molecule has 1 unspecified atom stereocenters. The maximum absolute atomic E-state index is 12.0. The van der Waals surface area contributed by atoms with E-state index in [1.54, 1.807) is 6.20 Å². The molecule has 20 heavy (non-hydrogen) atoms. The Morgan fingerprint density at radius 3 is 2.90 bits per heavy atom. The van der Waals surface area contributed by atoms with Crippen LogP contribution in [0.25, 0.3) is 0 Å². The molecule has 0 aliphatic heterocycles. The van der Waals surface area contributed by atoms with E-state index in [-0.39, 0.29) is 11.9 Å². The number of aryl methyl sites for hydroxylation is 1. The fourth-order valence-electron chi connectivity index (χ4n) is 2.96. The molecule has 1 aliphatic rings. The maximum Gasteiger partial charge on any atom is 0.236 e. The van der Waals surface area contributed by atoms with E-state index in [1.165, 1.54) is 32.1 Å². The highest BCUT2D eigenvalue weighted by atomic mass is 16.2. The minimum Gasteiger partial charge on any atom is -0.353 e. The van der Waals surface area contributed by atoms with E-state index in [9.17, 15) is 4.79 Å². The third kappa shape index (κ3) is 4.34. The molecule has 5 heteroatoms. The molecule has 2 rings (SSSR count). The van der Waals surface area contributed by atoms with Crippen LogP contribution in [0, 0.1) is 12.8 Å². The summed E-state index contributed by atoms with van der Waals surface area (Å²) < 4.78 is 2.02. The van der Waals surface area contributed by atoms with Crippen LogP contribution in [0.1, 0.15) is 44.3 Å². The van der Waals surface area contributed by atoms with E-state index < -0.39 is 0 Å². The van der Waals surface area contributed by atoms with Gasteiger partial charge < -0.3 is 15.6 Å². The van der Waals surface area contributed by atoms with Crippen LogP contribution in [0.3, 0.4) is 0 Å². The second kappa shape index (κ2) is 7.43. The first kappa shape index (κ1) is 15.0. The molecule has 1 amide bonds. The molecule has 112 valence electrons. The molecule has 1 fully saturated rings. The summed E-state index contributed by atoms with van der Waals surface area (Å²) in [6, 6.07) is -0.359. The van der Waals surface area contributed by atoms with Gasteiger partial charge in [-0.2, -0.15) is 0 Å². The Balaban J connectivity index is 1.67. The lowest BCUT2D eigenvalue weighted by Gasteiger charge is -2.24. The van der Waals surface area contributed by atoms with Crippen molar-refractivity contribution in [3.05, 3.63) is 18.2 Å². The van der Waals surface area contributed by atoms with Crippen molar-refractivity contribution in [2.24, 2.45) is 11.7 Å². The zero-order chi connectivity index (χ0) is 14.4. The van der Waals surface area contributed by atoms with E-state index in [4.69, 9.17) is 5.73 Å². The Bertz CT molecular complexity index is 423. The highest BCUT2D eigenvalue weighted by Crippen LogP contribution is 2.26. The average molecular weight is 278 g/mol. The van der Waals surface area contributed by atoms with E-state index >= 15 is 0 Å². The summed E-state index contributed by atoms with van der Waals surface area (Å²) in [5.41, 5.74) is 6.01. The van der Waals surface area contributed by atoms with Gasteiger partial charge in [-0.05, 0) is 19.3 Å². The number of hydrogen-bond donors (Lipinski definition) is 2. The van der Waals surface area contributed by atoms with Crippen LogP contribution < -0.4 is 11.1 Å². The number of hydrogen-bond acceptors (Lipinski definition) is 3. The first-order chi connectivity index (χ1) is 9.66. The standard InChI is InChI=1S/C15H26N4O/c1-12-17-7-9-19(12)10-8-18-15(20)14(16)11-13-5-3-2-4-6-13/h7,9,13-14H,2-6,8,10-11,16H2,1H3,(H,18,20). The van der Waals surface area contributed by atoms with Gasteiger partial charge in [-0.1, -0.05) is 32.1 Å². The molecule has 1 aliphatic carbocycles. The minimum atomic E-state index is -0.359. The van der Waals surface area contributed by atoms with Crippen LogP contribution in [0.4, 0.5) is 0 Å². The predicted molar refractivity (Wildman–Crippen MR) is 79.1 cm³/mol. The Labute approximate surface area is 120 Å². The lowest BCUT2D eigenvalue weighted by atomic mass is 9.85. The van der Waals surface area contributed by atoms with E-state index in [2.05, 4.69) is 10.3 Å². The average Bonchev–Trinajstić information content (AvgIpc) is 2.85. The number of carbonyl (C=O) groups is 1. The number of nitrogens with zero attached hydrogens (tertiary/aromatic N) is 2. The quantitative estimate of drug-likeness (QED) is 0.830. The Kier molecular flexibility index (Phi) is 5.59. The zero-order valence-corrected chi connectivity index (χ0v) is 12.3. The molecule has 5 nitrogen and oxygen atoms in total. The van der Waals surface area contributed by atoms with Crippen LogP contribution in [-0.2, 0) is 11.3 Å². The van der Waals surface area contributed by atoms with Gasteiger partial charge in [0, 0.05) is 25.5 Å². The van der Waals surface area contributed by atoms with Crippen LogP contribution >= 0.6 is 0 Å². The molecule has 0 radical (unpaired) electrons. The van der Waals surface area contributed by atoms with Gasteiger partial charge in [-0.15, -0.1) is 0 Å². The van der Waals surface area contributed by atoms with Gasteiger partial charge in [0.1, 0.15) is 5.82 Å². The largest absolute Gasteiger partial charge is 0.353 e. The van der Waals surface area contributed by atoms with Gasteiger partial charge in [0.15, 0.2) is 0 Å². The molecule has 1 atom stereocenters. The zero-order valence-electron chi connectivity index (χ0n) is 12.3. The van der Waals surface area contributed by atoms with Crippen molar-refractivity contribution < 1.29 is 4.79 Å². The van der Waals surface area contributed by atoms with Gasteiger partial charge in [0.25, 0.3) is 0 Å². The van der Waals surface area contributed by atoms with Crippen molar-refractivity contribution in [1.29, 1.82) is 0 Å². The second-order valence-corrected chi connectivity index (χ2v) is 5.81. The molecule has 1 aromatic heterocycles. The number of rotatable bonds is 6. The summed E-state index contributed by atoms with van der Waals surface area (Å²) in [6.45, 7) is 3.30. The van der Waals surface area contributed by atoms with Crippen molar-refractivity contribution >= 4 is 5.91 Å². The Morgan fingerprint density at radius 2 is 2.25 bits per heavy atom. The molecule has 0 aromatic carbocycles. The maximum atomic E-state index is 12.0. The van der Waals surface area contributed by atoms with Crippen LogP contribution in [-0.4, -0.2) is 28.0 Å². The summed E-state index contributed by atoms with van der Waals surface area (Å²) in [5.74, 6) is 1.58. The molecule has 0 spiro atoms. The van der Waals surface area contributed by atoms with Gasteiger partial charge in [-0.3, -0.25) is 4.79 Å². The van der Waals surface area contributed by atoms with Gasteiger partial charge in [0.05, 0.1) is 6.04 Å². The molecule has 0 bridgehead atoms. The molecule has 1 saturated carbocycles. The molecule has 1 heterocycles. The van der Waals surface area contributed by atoms with Gasteiger partial charge >= 0.3 is 0 Å². The molecular weight excluding hydrogens is 252 g/mol. The van der Waals surface area contributed by atoms with Crippen molar-refractivity contribution in [2.75, 3.05) is 6.54 Å². The molecular formula is C15H26N4O. The SMILES string of the molecule is Cc1nccn1CCNC(=O)C(N)CC1CCCCC1. The third-order valence-corrected chi connectivity index (χ3v) is 4.22. The fraction of sp³-hybridized carbons (Fsp3) is 0.733. The Hall–Kier alpha value is -1.36. The number of nitrogens with one attached hydrogen (secondary N) is 1. The first-order valence-electron chi connectivity index (χ1n) is 7.68. The van der Waals surface area contributed by atoms with Crippen molar-refractivity contribution in [2.45, 2.75) is 58.0 Å². The van der Waals surface area contributed by atoms with Crippen LogP contribution in [0.5, 0.6) is 0 Å². The van der Waals surface area contributed by atoms with E-state index in [0.29, 0.717) is 12.5 Å². The number of imidazole rings is 1. The third-order valence-electron chi connectivity index (χ3n) is 4.22. The lowest BCUT2D eigenvalue weighted by Crippen LogP contribution is -2.43. The Morgan fingerprint density at radius 1 is 1.50 bits per heavy atom. The van der Waals surface area contributed by atoms with Gasteiger partial charge in [-0.25, -0.2) is 4.98 Å². The van der Waals surface area contributed by atoms with Crippen LogP contribution in [0.15, 0.2) is 12.4 Å². The molecule has 1 aromatic rings. The molecule has 0 saturated heterocycles. The van der Waals surface area contributed by atoms with Crippen molar-refractivity contribution in [3.63, 3.8) is 0 Å². The second-order valence-electron chi connectivity index (χ2n) is 5.81. The summed E-state index contributed by atoms with van der Waals surface area (Å²) >= 11 is 0. The lowest BCUT2D eigenvalue weighted by molar-refractivity contribution is -0.122. The van der Waals surface area contributed by atoms with E-state index in [1.807, 2.05) is 17.7 Å². The summed E-state index contributed by atoms with van der Waals surface area (Å²) in [7, 11) is 0. The molecule has 3 N–H and O–H groups in total. The predicted octanol–water partition coefficient (Wildman–Crippen LogP) is 1.61. The normalized spacial score (nSPS) is 17.9. The number of aromatic nitrogens is 2. The summed E-state index contributed by atoms with van der Waals surface area (Å²) in [4.78, 5) is 16.1. The fourth-order valence-corrected chi connectivity index (χ4v) is 2.96.